The molecule has 1 heterocycles. The van der Waals surface area contributed by atoms with Gasteiger partial charge < -0.3 is 4.74 Å². The summed E-state index contributed by atoms with van der Waals surface area (Å²) >= 11 is 0. The summed E-state index contributed by atoms with van der Waals surface area (Å²) in [6.45, 7) is 2.12. The molecule has 1 saturated carbocycles. The Morgan fingerprint density at radius 1 is 1.00 bits per heavy atom. The Morgan fingerprint density at radius 2 is 1.71 bits per heavy atom. The number of rotatable bonds is 1. The molecule has 0 radical (unpaired) electrons. The van der Waals surface area contributed by atoms with Crippen molar-refractivity contribution in [2.24, 2.45) is 11.8 Å². The molecule has 0 atom stereocenters. The summed E-state index contributed by atoms with van der Waals surface area (Å²) in [5.74, 6) is 2.05. The summed E-state index contributed by atoms with van der Waals surface area (Å²) in [5, 5.41) is 0. The summed E-state index contributed by atoms with van der Waals surface area (Å²) < 4.78 is 5.04. The predicted octanol–water partition coefficient (Wildman–Crippen LogP) is 1.04. The van der Waals surface area contributed by atoms with Crippen molar-refractivity contribution in [3.63, 3.8) is 0 Å². The van der Waals surface area contributed by atoms with E-state index in [9.17, 15) is 0 Å². The number of hydrogen-bond acceptors (Lipinski definition) is 1. The van der Waals surface area contributed by atoms with Gasteiger partial charge in [0.1, 0.15) is 0 Å². The molecule has 2 rings (SSSR count). The largest absolute Gasteiger partial charge is 0.381 e. The summed E-state index contributed by atoms with van der Waals surface area (Å²) in [6.07, 6.45) is 2.96. The number of hydrogen-bond donors (Lipinski definition) is 0. The molecule has 1 aliphatic heterocycles. The highest BCUT2D eigenvalue weighted by atomic mass is 16.5. The number of ether oxygens (including phenoxy) is 1. The van der Waals surface area contributed by atoms with Crippen LogP contribution in [0.3, 0.4) is 0 Å². The summed E-state index contributed by atoms with van der Waals surface area (Å²) in [6, 6.07) is 0. The van der Waals surface area contributed by atoms with Gasteiger partial charge in [-0.3, -0.25) is 0 Å². The predicted molar refractivity (Wildman–Crippen MR) is 27.0 cm³/mol. The van der Waals surface area contributed by atoms with Crippen LogP contribution < -0.4 is 0 Å². The highest BCUT2D eigenvalue weighted by molar-refractivity contribution is 4.84. The second kappa shape index (κ2) is 1.22. The summed E-state index contributed by atoms with van der Waals surface area (Å²) in [4.78, 5) is 0. The van der Waals surface area contributed by atoms with Gasteiger partial charge in [0.05, 0.1) is 13.2 Å². The Balaban J connectivity index is 1.83. The Kier molecular flexibility index (Phi) is 0.680. The molecule has 1 heteroatoms. The van der Waals surface area contributed by atoms with Gasteiger partial charge in [-0.25, -0.2) is 0 Å². The normalized spacial score (nSPS) is 32.6. The quantitative estimate of drug-likeness (QED) is 0.476. The van der Waals surface area contributed by atoms with Crippen LogP contribution in [-0.2, 0) is 4.74 Å². The molecule has 0 aromatic rings. The first-order valence-electron chi connectivity index (χ1n) is 3.04. The highest BCUT2D eigenvalue weighted by Crippen LogP contribution is 2.39. The summed E-state index contributed by atoms with van der Waals surface area (Å²) in [5.41, 5.74) is 0. The van der Waals surface area contributed by atoms with Crippen molar-refractivity contribution in [3.05, 3.63) is 0 Å². The second-order valence-corrected chi connectivity index (χ2v) is 2.63. The van der Waals surface area contributed by atoms with Gasteiger partial charge >= 0.3 is 0 Å². The molecule has 0 N–H and O–H groups in total. The fourth-order valence-corrected chi connectivity index (χ4v) is 1.09. The van der Waals surface area contributed by atoms with Crippen LogP contribution in [0.15, 0.2) is 0 Å². The minimum Gasteiger partial charge on any atom is -0.381 e. The van der Waals surface area contributed by atoms with Gasteiger partial charge in [0, 0.05) is 5.92 Å². The molecule has 0 aromatic heterocycles. The first-order valence-corrected chi connectivity index (χ1v) is 3.04. The van der Waals surface area contributed by atoms with Gasteiger partial charge in [0.15, 0.2) is 0 Å². The van der Waals surface area contributed by atoms with Gasteiger partial charge in [0.25, 0.3) is 0 Å². The molecular weight excluding hydrogens is 88.1 g/mol. The lowest BCUT2D eigenvalue weighted by Gasteiger charge is -2.25. The topological polar surface area (TPSA) is 9.23 Å². The van der Waals surface area contributed by atoms with E-state index in [1.165, 1.54) is 12.8 Å². The first-order chi connectivity index (χ1) is 3.47. The maximum Gasteiger partial charge on any atom is 0.0519 e. The van der Waals surface area contributed by atoms with Crippen LogP contribution in [0.5, 0.6) is 0 Å². The zero-order valence-electron chi connectivity index (χ0n) is 4.39. The molecule has 2 aliphatic rings. The molecule has 0 unspecified atom stereocenters. The van der Waals surface area contributed by atoms with Crippen molar-refractivity contribution in [1.82, 2.24) is 0 Å². The van der Waals surface area contributed by atoms with Crippen molar-refractivity contribution >= 4 is 0 Å². The van der Waals surface area contributed by atoms with Gasteiger partial charge in [-0.1, -0.05) is 0 Å². The zero-order valence-corrected chi connectivity index (χ0v) is 4.39. The molecule has 0 aromatic carbocycles. The van der Waals surface area contributed by atoms with E-state index in [-0.39, 0.29) is 0 Å². The second-order valence-electron chi connectivity index (χ2n) is 2.63. The average Bonchev–Trinajstić information content (AvgIpc) is 2.10. The monoisotopic (exact) mass is 98.1 g/mol. The van der Waals surface area contributed by atoms with Crippen LogP contribution in [-0.4, -0.2) is 13.2 Å². The van der Waals surface area contributed by atoms with E-state index in [0.29, 0.717) is 0 Å². The van der Waals surface area contributed by atoms with Crippen molar-refractivity contribution in [3.8, 4) is 0 Å². The van der Waals surface area contributed by atoms with Crippen molar-refractivity contribution in [2.75, 3.05) is 13.2 Å². The van der Waals surface area contributed by atoms with Crippen LogP contribution in [0, 0.1) is 11.8 Å². The van der Waals surface area contributed by atoms with E-state index in [1.807, 2.05) is 0 Å². The summed E-state index contributed by atoms with van der Waals surface area (Å²) in [7, 11) is 0. The van der Waals surface area contributed by atoms with Gasteiger partial charge in [-0.05, 0) is 18.8 Å². The minimum atomic E-state index is 0.972. The van der Waals surface area contributed by atoms with Crippen molar-refractivity contribution in [1.29, 1.82) is 0 Å². The van der Waals surface area contributed by atoms with E-state index in [0.717, 1.165) is 25.0 Å². The Morgan fingerprint density at radius 3 is 1.86 bits per heavy atom. The Labute approximate surface area is 43.7 Å². The van der Waals surface area contributed by atoms with Crippen molar-refractivity contribution < 1.29 is 4.74 Å². The molecule has 7 heavy (non-hydrogen) atoms. The molecule has 1 nitrogen and oxygen atoms in total. The van der Waals surface area contributed by atoms with E-state index in [4.69, 9.17) is 4.74 Å². The third-order valence-corrected chi connectivity index (χ3v) is 1.95. The van der Waals surface area contributed by atoms with Gasteiger partial charge in [-0.15, -0.1) is 0 Å². The highest BCUT2D eigenvalue weighted by Gasteiger charge is 2.35. The standard InChI is InChI=1S/C6H10O/c1-2-5(1)6-3-7-4-6/h5-6H,1-4H2. The molecule has 40 valence electrons. The maximum absolute atomic E-state index is 5.04. The Hall–Kier alpha value is -0.0400. The van der Waals surface area contributed by atoms with Crippen LogP contribution >= 0.6 is 0 Å². The molecule has 1 aliphatic carbocycles. The third kappa shape index (κ3) is 0.556. The van der Waals surface area contributed by atoms with E-state index >= 15 is 0 Å². The van der Waals surface area contributed by atoms with E-state index < -0.39 is 0 Å². The average molecular weight is 98.1 g/mol. The van der Waals surface area contributed by atoms with Gasteiger partial charge in [0.2, 0.25) is 0 Å². The van der Waals surface area contributed by atoms with Crippen LogP contribution in [0.4, 0.5) is 0 Å². The lowest BCUT2D eigenvalue weighted by Crippen LogP contribution is -2.28. The zero-order chi connectivity index (χ0) is 4.69. The maximum atomic E-state index is 5.04. The fraction of sp³-hybridized carbons (Fsp3) is 1.00. The van der Waals surface area contributed by atoms with Gasteiger partial charge in [-0.2, -0.15) is 0 Å². The minimum absolute atomic E-state index is 0.972. The molecule has 0 amide bonds. The van der Waals surface area contributed by atoms with Crippen molar-refractivity contribution in [2.45, 2.75) is 12.8 Å². The fourth-order valence-electron chi connectivity index (χ4n) is 1.09. The smallest absolute Gasteiger partial charge is 0.0519 e. The van der Waals surface area contributed by atoms with Crippen LogP contribution in [0.25, 0.3) is 0 Å². The third-order valence-electron chi connectivity index (χ3n) is 1.95. The lowest BCUT2D eigenvalue weighted by molar-refractivity contribution is -0.0424. The first kappa shape index (κ1) is 3.90. The molecule has 1 saturated heterocycles. The molecule has 2 fully saturated rings. The SMILES string of the molecule is C1CC1C1COC1. The van der Waals surface area contributed by atoms with E-state index in [1.54, 1.807) is 0 Å². The Bertz CT molecular complexity index is 72.2. The molecular formula is C6H10O. The van der Waals surface area contributed by atoms with Crippen LogP contribution in [0.2, 0.25) is 0 Å². The molecule has 0 spiro atoms. The van der Waals surface area contributed by atoms with Crippen LogP contribution in [0.1, 0.15) is 12.8 Å². The molecule has 0 bridgehead atoms. The van der Waals surface area contributed by atoms with E-state index in [2.05, 4.69) is 0 Å². The lowest BCUT2D eigenvalue weighted by atomic mass is 10.0.